The molecule has 0 bridgehead atoms. The molecule has 0 amide bonds. The maximum atomic E-state index is 13.6. The fourth-order valence-electron chi connectivity index (χ4n) is 4.55. The minimum atomic E-state index is -4.38. The maximum absolute atomic E-state index is 13.6. The summed E-state index contributed by atoms with van der Waals surface area (Å²) in [6, 6.07) is 14.7. The van der Waals surface area contributed by atoms with Crippen LogP contribution in [0.2, 0.25) is 0 Å². The molecule has 0 saturated carbocycles. The Kier molecular flexibility index (Phi) is 9.63. The first-order valence-electron chi connectivity index (χ1n) is 12.1. The molecule has 2 aromatic carbocycles. The van der Waals surface area contributed by atoms with Gasteiger partial charge in [-0.2, -0.15) is 13.2 Å². The third-order valence-corrected chi connectivity index (χ3v) is 6.27. The Morgan fingerprint density at radius 2 is 1.79 bits per heavy atom. The summed E-state index contributed by atoms with van der Waals surface area (Å²) in [5.41, 5.74) is 1.42. The number of hydrogen-bond acceptors (Lipinski definition) is 3. The molecule has 1 aliphatic rings. The van der Waals surface area contributed by atoms with E-state index < -0.39 is 11.7 Å². The zero-order valence-electron chi connectivity index (χ0n) is 19.8. The Balaban J connectivity index is 1.70. The second kappa shape index (κ2) is 12.4. The number of rotatable bonds is 12. The van der Waals surface area contributed by atoms with Crippen molar-refractivity contribution in [3.63, 3.8) is 0 Å². The summed E-state index contributed by atoms with van der Waals surface area (Å²) in [4.78, 5) is 2.16. The highest BCUT2D eigenvalue weighted by Gasteiger charge is 2.32. The van der Waals surface area contributed by atoms with Crippen LogP contribution in [0.1, 0.15) is 48.8 Å². The number of alkyl halides is 3. The van der Waals surface area contributed by atoms with Gasteiger partial charge in [0, 0.05) is 6.54 Å². The molecule has 0 aromatic heterocycles. The first-order chi connectivity index (χ1) is 15.8. The largest absolute Gasteiger partial charge is 0.489 e. The molecule has 0 unspecified atom stereocenters. The van der Waals surface area contributed by atoms with Gasteiger partial charge in [0.1, 0.15) is 11.9 Å². The monoisotopic (exact) mass is 462 g/mol. The lowest BCUT2D eigenvalue weighted by atomic mass is 9.88. The highest BCUT2D eigenvalue weighted by atomic mass is 19.4. The predicted octanol–water partition coefficient (Wildman–Crippen LogP) is 5.97. The van der Waals surface area contributed by atoms with Gasteiger partial charge in [-0.15, -0.1) is 0 Å². The predicted molar refractivity (Wildman–Crippen MR) is 128 cm³/mol. The molecule has 0 spiro atoms. The molecule has 1 heterocycles. The maximum Gasteiger partial charge on any atom is 0.416 e. The Labute approximate surface area is 196 Å². The van der Waals surface area contributed by atoms with Crippen molar-refractivity contribution in [3.8, 4) is 5.75 Å². The molecule has 1 aliphatic heterocycles. The molecular weight excluding hydrogens is 425 g/mol. The Hall–Kier alpha value is -2.05. The molecule has 1 fully saturated rings. The Bertz CT molecular complexity index is 833. The van der Waals surface area contributed by atoms with Crippen LogP contribution in [0.3, 0.4) is 0 Å². The van der Waals surface area contributed by atoms with Crippen molar-refractivity contribution in [2.45, 2.75) is 57.2 Å². The standard InChI is InChI=1S/C27H37F3N2O/c1-32(2)15-7-12-22(11-6-10-21-8-4-3-5-9-21)16-23-17-24(27(28,29)30)19-26(18-23)33-25-13-14-31-20-25/h3-5,8-9,17-19,22,25,31H,6-7,10-16,20H2,1-2H3/t22-,25+/m1/s1. The fraction of sp³-hybridized carbons (Fsp3) is 0.556. The molecule has 0 aliphatic carbocycles. The normalized spacial score (nSPS) is 17.5. The molecule has 6 heteroatoms. The number of aryl methyl sites for hydroxylation is 1. The summed E-state index contributed by atoms with van der Waals surface area (Å²) < 4.78 is 46.7. The van der Waals surface area contributed by atoms with Gasteiger partial charge in [0.25, 0.3) is 0 Å². The van der Waals surface area contributed by atoms with Crippen LogP contribution in [-0.4, -0.2) is 44.7 Å². The van der Waals surface area contributed by atoms with Gasteiger partial charge in [0.15, 0.2) is 0 Å². The van der Waals surface area contributed by atoms with Gasteiger partial charge in [-0.1, -0.05) is 30.3 Å². The van der Waals surface area contributed by atoms with Crippen LogP contribution >= 0.6 is 0 Å². The van der Waals surface area contributed by atoms with Crippen LogP contribution in [-0.2, 0) is 19.0 Å². The zero-order chi connectivity index (χ0) is 23.7. The quantitative estimate of drug-likeness (QED) is 0.421. The number of nitrogens with zero attached hydrogens (tertiary/aromatic N) is 1. The van der Waals surface area contributed by atoms with E-state index in [2.05, 4.69) is 36.4 Å². The van der Waals surface area contributed by atoms with Crippen molar-refractivity contribution in [1.82, 2.24) is 10.2 Å². The highest BCUT2D eigenvalue weighted by molar-refractivity contribution is 5.36. The molecule has 3 nitrogen and oxygen atoms in total. The van der Waals surface area contributed by atoms with Crippen molar-refractivity contribution in [1.29, 1.82) is 0 Å². The van der Waals surface area contributed by atoms with E-state index in [4.69, 9.17) is 4.74 Å². The Morgan fingerprint density at radius 1 is 1.03 bits per heavy atom. The van der Waals surface area contributed by atoms with E-state index in [0.29, 0.717) is 24.6 Å². The molecule has 1 saturated heterocycles. The van der Waals surface area contributed by atoms with E-state index in [9.17, 15) is 13.2 Å². The minimum absolute atomic E-state index is 0.0666. The van der Waals surface area contributed by atoms with Crippen molar-refractivity contribution in [3.05, 3.63) is 65.2 Å². The van der Waals surface area contributed by atoms with Gasteiger partial charge >= 0.3 is 6.18 Å². The lowest BCUT2D eigenvalue weighted by molar-refractivity contribution is -0.137. The number of benzene rings is 2. The van der Waals surface area contributed by atoms with Gasteiger partial charge < -0.3 is 15.0 Å². The van der Waals surface area contributed by atoms with E-state index in [-0.39, 0.29) is 6.10 Å². The molecule has 2 atom stereocenters. The van der Waals surface area contributed by atoms with Crippen LogP contribution in [0.4, 0.5) is 13.2 Å². The Morgan fingerprint density at radius 3 is 2.45 bits per heavy atom. The average Bonchev–Trinajstić information content (AvgIpc) is 3.26. The molecular formula is C27H37F3N2O. The lowest BCUT2D eigenvalue weighted by Crippen LogP contribution is -2.20. The number of nitrogens with one attached hydrogen (secondary N) is 1. The van der Waals surface area contributed by atoms with Crippen molar-refractivity contribution < 1.29 is 17.9 Å². The van der Waals surface area contributed by atoms with E-state index in [1.165, 1.54) is 11.6 Å². The van der Waals surface area contributed by atoms with Gasteiger partial charge in [0.05, 0.1) is 5.56 Å². The van der Waals surface area contributed by atoms with Crippen LogP contribution in [0.15, 0.2) is 48.5 Å². The molecule has 182 valence electrons. The minimum Gasteiger partial charge on any atom is -0.489 e. The van der Waals surface area contributed by atoms with Gasteiger partial charge in [0.2, 0.25) is 0 Å². The molecule has 3 rings (SSSR count). The van der Waals surface area contributed by atoms with Gasteiger partial charge in [-0.05, 0) is 107 Å². The summed E-state index contributed by atoms with van der Waals surface area (Å²) >= 11 is 0. The van der Waals surface area contributed by atoms with Gasteiger partial charge in [-0.3, -0.25) is 0 Å². The summed E-state index contributed by atoms with van der Waals surface area (Å²) in [7, 11) is 4.11. The second-order valence-electron chi connectivity index (χ2n) is 9.49. The van der Waals surface area contributed by atoms with E-state index in [1.807, 2.05) is 24.3 Å². The zero-order valence-corrected chi connectivity index (χ0v) is 19.8. The van der Waals surface area contributed by atoms with E-state index >= 15 is 0 Å². The summed E-state index contributed by atoms with van der Waals surface area (Å²) in [5.74, 6) is 0.683. The summed E-state index contributed by atoms with van der Waals surface area (Å²) in [5, 5.41) is 3.20. The van der Waals surface area contributed by atoms with Crippen LogP contribution in [0.5, 0.6) is 5.75 Å². The molecule has 0 radical (unpaired) electrons. The van der Waals surface area contributed by atoms with Crippen molar-refractivity contribution in [2.24, 2.45) is 5.92 Å². The fourth-order valence-corrected chi connectivity index (χ4v) is 4.55. The smallest absolute Gasteiger partial charge is 0.416 e. The van der Waals surface area contributed by atoms with E-state index in [0.717, 1.165) is 63.2 Å². The van der Waals surface area contributed by atoms with E-state index in [1.54, 1.807) is 0 Å². The SMILES string of the molecule is CN(C)CCC[C@@H](CCCc1ccccc1)Cc1cc(O[C@H]2CCNC2)cc(C(F)(F)F)c1. The first-order valence-corrected chi connectivity index (χ1v) is 12.1. The van der Waals surface area contributed by atoms with Gasteiger partial charge in [-0.25, -0.2) is 0 Å². The van der Waals surface area contributed by atoms with Crippen LogP contribution < -0.4 is 10.1 Å². The molecule has 2 aromatic rings. The number of hydrogen-bond donors (Lipinski definition) is 1. The number of ether oxygens (including phenoxy) is 1. The van der Waals surface area contributed by atoms with Crippen LogP contribution in [0.25, 0.3) is 0 Å². The topological polar surface area (TPSA) is 24.5 Å². The lowest BCUT2D eigenvalue weighted by Gasteiger charge is -2.21. The third-order valence-electron chi connectivity index (χ3n) is 6.27. The number of halogens is 3. The van der Waals surface area contributed by atoms with Crippen molar-refractivity contribution in [2.75, 3.05) is 33.7 Å². The van der Waals surface area contributed by atoms with Crippen LogP contribution in [0, 0.1) is 5.92 Å². The highest BCUT2D eigenvalue weighted by Crippen LogP contribution is 2.34. The molecule has 1 N–H and O–H groups in total. The molecule has 33 heavy (non-hydrogen) atoms. The van der Waals surface area contributed by atoms with Crippen molar-refractivity contribution >= 4 is 0 Å². The summed E-state index contributed by atoms with van der Waals surface area (Å²) in [6.45, 7) is 2.50. The average molecular weight is 463 g/mol. The third kappa shape index (κ3) is 9.01. The summed E-state index contributed by atoms with van der Waals surface area (Å²) in [6.07, 6.45) is 2.10. The second-order valence-corrected chi connectivity index (χ2v) is 9.49. The first kappa shape index (κ1) is 25.6.